The van der Waals surface area contributed by atoms with Gasteiger partial charge in [0.1, 0.15) is 6.54 Å². The quantitative estimate of drug-likeness (QED) is 0.783. The Morgan fingerprint density at radius 3 is 2.56 bits per heavy atom. The minimum atomic E-state index is -0.507. The van der Waals surface area contributed by atoms with Gasteiger partial charge >= 0.3 is 12.0 Å². The van der Waals surface area contributed by atoms with Crippen LogP contribution < -0.4 is 10.6 Å². The molecule has 0 fully saturated rings. The van der Waals surface area contributed by atoms with Gasteiger partial charge < -0.3 is 15.4 Å². The molecule has 0 bridgehead atoms. The fourth-order valence-electron chi connectivity index (χ4n) is 1.17. The average Bonchev–Trinajstić information content (AvgIpc) is 2.38. The second-order valence-electron chi connectivity index (χ2n) is 3.30. The summed E-state index contributed by atoms with van der Waals surface area (Å²) in [4.78, 5) is 22.4. The van der Waals surface area contributed by atoms with Crippen LogP contribution in [0.5, 0.6) is 0 Å². The standard InChI is InChI=1S/C12H13N3O3/c1-2-18-11(16)8-14-12(17)15-10-5-3-9(7-13)4-6-10/h3-6H,2,8H2,1H3,(H2,14,15,17). The van der Waals surface area contributed by atoms with E-state index in [0.29, 0.717) is 11.3 Å². The molecule has 0 aliphatic heterocycles. The lowest BCUT2D eigenvalue weighted by Gasteiger charge is -2.07. The number of anilines is 1. The summed E-state index contributed by atoms with van der Waals surface area (Å²) < 4.78 is 4.66. The molecule has 0 aliphatic carbocycles. The first-order valence-corrected chi connectivity index (χ1v) is 5.36. The van der Waals surface area contributed by atoms with Crippen LogP contribution in [0.25, 0.3) is 0 Å². The summed E-state index contributed by atoms with van der Waals surface area (Å²) in [6, 6.07) is 7.83. The molecular weight excluding hydrogens is 234 g/mol. The molecule has 6 heteroatoms. The van der Waals surface area contributed by atoms with E-state index >= 15 is 0 Å². The summed E-state index contributed by atoms with van der Waals surface area (Å²) in [6.45, 7) is 1.78. The van der Waals surface area contributed by atoms with Crippen LogP contribution in [-0.4, -0.2) is 25.2 Å². The number of nitrogens with zero attached hydrogens (tertiary/aromatic N) is 1. The monoisotopic (exact) mass is 247 g/mol. The molecule has 1 aromatic rings. The molecule has 0 radical (unpaired) electrons. The molecule has 1 aromatic carbocycles. The fraction of sp³-hybridized carbons (Fsp3) is 0.250. The van der Waals surface area contributed by atoms with Gasteiger partial charge in [-0.05, 0) is 31.2 Å². The SMILES string of the molecule is CCOC(=O)CNC(=O)Nc1ccc(C#N)cc1. The van der Waals surface area contributed by atoms with Crippen LogP contribution in [-0.2, 0) is 9.53 Å². The van der Waals surface area contributed by atoms with Crippen molar-refractivity contribution >= 4 is 17.7 Å². The first kappa shape index (κ1) is 13.5. The zero-order valence-corrected chi connectivity index (χ0v) is 9.90. The first-order chi connectivity index (χ1) is 8.65. The van der Waals surface area contributed by atoms with E-state index in [2.05, 4.69) is 15.4 Å². The summed E-state index contributed by atoms with van der Waals surface area (Å²) in [5.74, 6) is -0.493. The van der Waals surface area contributed by atoms with E-state index in [1.54, 1.807) is 31.2 Å². The smallest absolute Gasteiger partial charge is 0.325 e. The van der Waals surface area contributed by atoms with Crippen LogP contribution >= 0.6 is 0 Å². The molecule has 0 aliphatic rings. The van der Waals surface area contributed by atoms with Crippen LogP contribution in [0.2, 0.25) is 0 Å². The topological polar surface area (TPSA) is 91.2 Å². The third kappa shape index (κ3) is 4.53. The van der Waals surface area contributed by atoms with Crippen molar-refractivity contribution in [3.63, 3.8) is 0 Å². The number of hydrogen-bond acceptors (Lipinski definition) is 4. The number of amides is 2. The molecule has 0 saturated heterocycles. The highest BCUT2D eigenvalue weighted by Gasteiger charge is 2.05. The second-order valence-corrected chi connectivity index (χ2v) is 3.30. The number of nitriles is 1. The van der Waals surface area contributed by atoms with Crippen LogP contribution in [0, 0.1) is 11.3 Å². The summed E-state index contributed by atoms with van der Waals surface area (Å²) in [6.07, 6.45) is 0. The number of carbonyl (C=O) groups excluding carboxylic acids is 2. The summed E-state index contributed by atoms with van der Waals surface area (Å²) in [5.41, 5.74) is 1.04. The van der Waals surface area contributed by atoms with Gasteiger partial charge in [0.2, 0.25) is 0 Å². The largest absolute Gasteiger partial charge is 0.465 e. The van der Waals surface area contributed by atoms with Crippen LogP contribution in [0.3, 0.4) is 0 Å². The maximum Gasteiger partial charge on any atom is 0.325 e. The Labute approximate surface area is 105 Å². The van der Waals surface area contributed by atoms with E-state index < -0.39 is 12.0 Å². The molecule has 0 saturated carbocycles. The Balaban J connectivity index is 2.40. The van der Waals surface area contributed by atoms with Crippen molar-refractivity contribution in [2.75, 3.05) is 18.5 Å². The highest BCUT2D eigenvalue weighted by molar-refractivity contribution is 5.91. The lowest BCUT2D eigenvalue weighted by atomic mass is 10.2. The van der Waals surface area contributed by atoms with Gasteiger partial charge in [-0.2, -0.15) is 5.26 Å². The second kappa shape index (κ2) is 6.91. The van der Waals surface area contributed by atoms with Gasteiger partial charge in [-0.1, -0.05) is 0 Å². The minimum absolute atomic E-state index is 0.185. The summed E-state index contributed by atoms with van der Waals surface area (Å²) in [7, 11) is 0. The number of urea groups is 1. The Bertz CT molecular complexity index is 462. The Morgan fingerprint density at radius 2 is 2.00 bits per heavy atom. The molecule has 6 nitrogen and oxygen atoms in total. The first-order valence-electron chi connectivity index (χ1n) is 5.36. The molecule has 0 atom stereocenters. The molecule has 94 valence electrons. The van der Waals surface area contributed by atoms with E-state index in [-0.39, 0.29) is 13.2 Å². The molecule has 0 aromatic heterocycles. The van der Waals surface area contributed by atoms with E-state index in [9.17, 15) is 9.59 Å². The van der Waals surface area contributed by atoms with Gasteiger partial charge in [-0.25, -0.2) is 4.79 Å². The van der Waals surface area contributed by atoms with Crippen molar-refractivity contribution in [2.45, 2.75) is 6.92 Å². The van der Waals surface area contributed by atoms with E-state index in [1.165, 1.54) is 0 Å². The summed E-state index contributed by atoms with van der Waals surface area (Å²) in [5, 5.41) is 13.5. The minimum Gasteiger partial charge on any atom is -0.465 e. The predicted molar refractivity (Wildman–Crippen MR) is 64.8 cm³/mol. The number of benzene rings is 1. The van der Waals surface area contributed by atoms with E-state index in [0.717, 1.165) is 0 Å². The molecule has 0 spiro atoms. The molecule has 18 heavy (non-hydrogen) atoms. The molecule has 0 heterocycles. The van der Waals surface area contributed by atoms with Crippen molar-refractivity contribution < 1.29 is 14.3 Å². The Morgan fingerprint density at radius 1 is 1.33 bits per heavy atom. The normalized spacial score (nSPS) is 9.11. The maximum absolute atomic E-state index is 11.4. The van der Waals surface area contributed by atoms with Crippen molar-refractivity contribution in [1.29, 1.82) is 5.26 Å². The Hall–Kier alpha value is -2.55. The number of rotatable bonds is 4. The number of esters is 1. The molecule has 2 N–H and O–H groups in total. The van der Waals surface area contributed by atoms with Crippen LogP contribution in [0.15, 0.2) is 24.3 Å². The van der Waals surface area contributed by atoms with E-state index in [1.807, 2.05) is 6.07 Å². The van der Waals surface area contributed by atoms with Crippen molar-refractivity contribution in [2.24, 2.45) is 0 Å². The van der Waals surface area contributed by atoms with Gasteiger partial charge in [0.15, 0.2) is 0 Å². The highest BCUT2D eigenvalue weighted by atomic mass is 16.5. The van der Waals surface area contributed by atoms with Crippen LogP contribution in [0.1, 0.15) is 12.5 Å². The highest BCUT2D eigenvalue weighted by Crippen LogP contribution is 2.08. The molecule has 1 rings (SSSR count). The molecular formula is C12H13N3O3. The number of hydrogen-bond donors (Lipinski definition) is 2. The number of nitrogens with one attached hydrogen (secondary N) is 2. The maximum atomic E-state index is 11.4. The van der Waals surface area contributed by atoms with Gasteiger partial charge in [-0.3, -0.25) is 4.79 Å². The molecule has 2 amide bonds. The third-order valence-electron chi connectivity index (χ3n) is 1.97. The van der Waals surface area contributed by atoms with E-state index in [4.69, 9.17) is 5.26 Å². The zero-order valence-electron chi connectivity index (χ0n) is 9.90. The summed E-state index contributed by atoms with van der Waals surface area (Å²) >= 11 is 0. The van der Waals surface area contributed by atoms with Gasteiger partial charge in [0.05, 0.1) is 18.2 Å². The molecule has 0 unspecified atom stereocenters. The Kier molecular flexibility index (Phi) is 5.19. The third-order valence-corrected chi connectivity index (χ3v) is 1.97. The predicted octanol–water partition coefficient (Wildman–Crippen LogP) is 1.24. The lowest BCUT2D eigenvalue weighted by Crippen LogP contribution is -2.34. The van der Waals surface area contributed by atoms with Crippen molar-refractivity contribution in [1.82, 2.24) is 5.32 Å². The van der Waals surface area contributed by atoms with Gasteiger partial charge in [-0.15, -0.1) is 0 Å². The van der Waals surface area contributed by atoms with Gasteiger partial charge in [0.25, 0.3) is 0 Å². The van der Waals surface area contributed by atoms with Crippen LogP contribution in [0.4, 0.5) is 10.5 Å². The number of ether oxygens (including phenoxy) is 1. The number of carbonyl (C=O) groups is 2. The van der Waals surface area contributed by atoms with Crippen molar-refractivity contribution in [3.8, 4) is 6.07 Å². The van der Waals surface area contributed by atoms with Gasteiger partial charge in [0, 0.05) is 5.69 Å². The zero-order chi connectivity index (χ0) is 13.4. The average molecular weight is 247 g/mol. The van der Waals surface area contributed by atoms with Crippen molar-refractivity contribution in [3.05, 3.63) is 29.8 Å². The lowest BCUT2D eigenvalue weighted by molar-refractivity contribution is -0.141. The fourth-order valence-corrected chi connectivity index (χ4v) is 1.17.